The first-order valence-corrected chi connectivity index (χ1v) is 6.34. The summed E-state index contributed by atoms with van der Waals surface area (Å²) in [7, 11) is 0. The summed E-state index contributed by atoms with van der Waals surface area (Å²) in [5.41, 5.74) is 1.05. The maximum Gasteiger partial charge on any atom is 0.131 e. The molecule has 2 atom stereocenters. The maximum atomic E-state index is 13.5. The molecule has 0 saturated heterocycles. The Hall–Kier alpha value is -1.85. The van der Waals surface area contributed by atoms with E-state index in [2.05, 4.69) is 10.3 Å². The van der Waals surface area contributed by atoms with E-state index in [0.29, 0.717) is 0 Å². The lowest BCUT2D eigenvalue weighted by Crippen LogP contribution is -2.25. The molecule has 1 aromatic heterocycles. The Morgan fingerprint density at radius 2 is 2.10 bits per heavy atom. The van der Waals surface area contributed by atoms with Crippen molar-refractivity contribution in [3.8, 4) is 0 Å². The highest BCUT2D eigenvalue weighted by atomic mass is 19.1. The molecule has 2 N–H and O–H groups in total. The Balaban J connectivity index is 1.96. The quantitative estimate of drug-likeness (QED) is 0.884. The van der Waals surface area contributed by atoms with E-state index in [-0.39, 0.29) is 18.2 Å². The summed E-state index contributed by atoms with van der Waals surface area (Å²) in [6.45, 7) is 2.09. The zero-order valence-electron chi connectivity index (χ0n) is 11.1. The van der Waals surface area contributed by atoms with Gasteiger partial charge in [0, 0.05) is 36.6 Å². The third-order valence-electron chi connectivity index (χ3n) is 3.12. The minimum atomic E-state index is -1.03. The first-order chi connectivity index (χ1) is 9.58. The van der Waals surface area contributed by atoms with Crippen molar-refractivity contribution >= 4 is 0 Å². The van der Waals surface area contributed by atoms with Crippen LogP contribution in [0.5, 0.6) is 0 Å². The van der Waals surface area contributed by atoms with Gasteiger partial charge in [0.25, 0.3) is 0 Å². The summed E-state index contributed by atoms with van der Waals surface area (Å²) in [5, 5.41) is 13.0. The van der Waals surface area contributed by atoms with Gasteiger partial charge in [0.2, 0.25) is 0 Å². The van der Waals surface area contributed by atoms with Gasteiger partial charge in [-0.1, -0.05) is 12.1 Å². The van der Waals surface area contributed by atoms with Gasteiger partial charge < -0.3 is 10.4 Å². The normalized spacial score (nSPS) is 14.0. The monoisotopic (exact) mass is 278 g/mol. The van der Waals surface area contributed by atoms with Crippen molar-refractivity contribution < 1.29 is 13.9 Å². The fourth-order valence-electron chi connectivity index (χ4n) is 1.92. The number of hydrogen-bond acceptors (Lipinski definition) is 3. The average Bonchev–Trinajstić information content (AvgIpc) is 2.45. The summed E-state index contributed by atoms with van der Waals surface area (Å²) in [6, 6.07) is 6.86. The Morgan fingerprint density at radius 3 is 2.75 bits per heavy atom. The van der Waals surface area contributed by atoms with Crippen LogP contribution in [-0.4, -0.2) is 16.6 Å². The molecular weight excluding hydrogens is 262 g/mol. The molecular formula is C15H16F2N2O. The van der Waals surface area contributed by atoms with Crippen molar-refractivity contribution in [3.05, 3.63) is 65.5 Å². The number of pyridine rings is 1. The molecule has 0 aliphatic carbocycles. The van der Waals surface area contributed by atoms with Gasteiger partial charge in [0.1, 0.15) is 11.6 Å². The second kappa shape index (κ2) is 6.54. The SMILES string of the molecule is C[C@H](NCC(O)c1ccc(F)cc1F)c1cccnc1. The predicted molar refractivity (Wildman–Crippen MR) is 72.0 cm³/mol. The highest BCUT2D eigenvalue weighted by Gasteiger charge is 2.15. The molecule has 0 spiro atoms. The van der Waals surface area contributed by atoms with Gasteiger partial charge in [-0.2, -0.15) is 0 Å². The molecule has 5 heteroatoms. The minimum Gasteiger partial charge on any atom is -0.387 e. The molecule has 0 fully saturated rings. The summed E-state index contributed by atoms with van der Waals surface area (Å²) in [4.78, 5) is 4.01. The number of benzene rings is 1. The van der Waals surface area contributed by atoms with Crippen molar-refractivity contribution in [3.63, 3.8) is 0 Å². The third kappa shape index (κ3) is 3.59. The van der Waals surface area contributed by atoms with Crippen molar-refractivity contribution in [2.24, 2.45) is 0 Å². The van der Waals surface area contributed by atoms with Gasteiger partial charge in [0.15, 0.2) is 0 Å². The number of halogens is 2. The molecule has 3 nitrogen and oxygen atoms in total. The van der Waals surface area contributed by atoms with Crippen LogP contribution >= 0.6 is 0 Å². The van der Waals surface area contributed by atoms with E-state index in [4.69, 9.17) is 0 Å². The summed E-state index contributed by atoms with van der Waals surface area (Å²) >= 11 is 0. The van der Waals surface area contributed by atoms with E-state index in [1.54, 1.807) is 12.4 Å². The van der Waals surface area contributed by atoms with Gasteiger partial charge in [-0.15, -0.1) is 0 Å². The molecule has 1 unspecified atom stereocenters. The smallest absolute Gasteiger partial charge is 0.131 e. The fourth-order valence-corrected chi connectivity index (χ4v) is 1.92. The average molecular weight is 278 g/mol. The summed E-state index contributed by atoms with van der Waals surface area (Å²) in [5.74, 6) is -1.40. The minimum absolute atomic E-state index is 0.0261. The summed E-state index contributed by atoms with van der Waals surface area (Å²) in [6.07, 6.45) is 2.37. The standard InChI is InChI=1S/C15H16F2N2O/c1-10(11-3-2-6-18-8-11)19-9-15(20)13-5-4-12(16)7-14(13)17/h2-8,10,15,19-20H,9H2,1H3/t10-,15?/m0/s1. The Kier molecular flexibility index (Phi) is 4.76. The Labute approximate surface area is 116 Å². The van der Waals surface area contributed by atoms with Crippen LogP contribution in [0, 0.1) is 11.6 Å². The lowest BCUT2D eigenvalue weighted by Gasteiger charge is -2.18. The van der Waals surface area contributed by atoms with Crippen LogP contribution in [0.25, 0.3) is 0 Å². The van der Waals surface area contributed by atoms with Crippen molar-refractivity contribution in [1.82, 2.24) is 10.3 Å². The van der Waals surface area contributed by atoms with Crippen molar-refractivity contribution in [2.75, 3.05) is 6.54 Å². The van der Waals surface area contributed by atoms with Crippen LogP contribution in [0.15, 0.2) is 42.7 Å². The Bertz CT molecular complexity index is 563. The number of aromatic nitrogens is 1. The Morgan fingerprint density at radius 1 is 1.30 bits per heavy atom. The lowest BCUT2D eigenvalue weighted by molar-refractivity contribution is 0.166. The molecule has 0 bridgehead atoms. The molecule has 0 radical (unpaired) electrons. The van der Waals surface area contributed by atoms with E-state index >= 15 is 0 Å². The maximum absolute atomic E-state index is 13.5. The van der Waals surface area contributed by atoms with Gasteiger partial charge in [-0.05, 0) is 24.6 Å². The zero-order valence-corrected chi connectivity index (χ0v) is 11.1. The number of aliphatic hydroxyl groups is 1. The van der Waals surface area contributed by atoms with Crippen molar-refractivity contribution in [1.29, 1.82) is 0 Å². The number of rotatable bonds is 5. The van der Waals surface area contributed by atoms with E-state index in [1.165, 1.54) is 6.07 Å². The van der Waals surface area contributed by atoms with E-state index < -0.39 is 17.7 Å². The van der Waals surface area contributed by atoms with Gasteiger partial charge in [-0.3, -0.25) is 4.98 Å². The number of hydrogen-bond donors (Lipinski definition) is 2. The molecule has 106 valence electrons. The molecule has 1 aromatic carbocycles. The number of aliphatic hydroxyl groups excluding tert-OH is 1. The second-order valence-electron chi connectivity index (χ2n) is 4.60. The molecule has 20 heavy (non-hydrogen) atoms. The summed E-state index contributed by atoms with van der Waals surface area (Å²) < 4.78 is 26.3. The van der Waals surface area contributed by atoms with E-state index in [9.17, 15) is 13.9 Å². The van der Waals surface area contributed by atoms with Gasteiger partial charge in [-0.25, -0.2) is 8.78 Å². The fraction of sp³-hybridized carbons (Fsp3) is 0.267. The van der Waals surface area contributed by atoms with Crippen LogP contribution < -0.4 is 5.32 Å². The first-order valence-electron chi connectivity index (χ1n) is 6.34. The highest BCUT2D eigenvalue weighted by molar-refractivity contribution is 5.21. The van der Waals surface area contributed by atoms with Crippen molar-refractivity contribution in [2.45, 2.75) is 19.1 Å². The van der Waals surface area contributed by atoms with Crippen LogP contribution in [0.1, 0.15) is 30.2 Å². The lowest BCUT2D eigenvalue weighted by atomic mass is 10.1. The van der Waals surface area contributed by atoms with Crippen LogP contribution in [-0.2, 0) is 0 Å². The first kappa shape index (κ1) is 14.6. The largest absolute Gasteiger partial charge is 0.387 e. The van der Waals surface area contributed by atoms with Crippen LogP contribution in [0.4, 0.5) is 8.78 Å². The zero-order chi connectivity index (χ0) is 14.5. The van der Waals surface area contributed by atoms with Gasteiger partial charge in [0.05, 0.1) is 6.10 Å². The molecule has 0 saturated carbocycles. The highest BCUT2D eigenvalue weighted by Crippen LogP contribution is 2.18. The number of nitrogens with zero attached hydrogens (tertiary/aromatic N) is 1. The molecule has 0 aliphatic heterocycles. The number of nitrogens with one attached hydrogen (secondary N) is 1. The third-order valence-corrected chi connectivity index (χ3v) is 3.12. The molecule has 1 heterocycles. The topological polar surface area (TPSA) is 45.1 Å². The molecule has 2 rings (SSSR count). The molecule has 2 aromatic rings. The molecule has 0 amide bonds. The predicted octanol–water partition coefficient (Wildman–Crippen LogP) is 2.74. The van der Waals surface area contributed by atoms with Crippen LogP contribution in [0.3, 0.4) is 0 Å². The molecule has 0 aliphatic rings. The van der Waals surface area contributed by atoms with Gasteiger partial charge >= 0.3 is 0 Å². The second-order valence-corrected chi connectivity index (χ2v) is 4.60. The van der Waals surface area contributed by atoms with Crippen LogP contribution in [0.2, 0.25) is 0 Å². The van der Waals surface area contributed by atoms with E-state index in [0.717, 1.165) is 17.7 Å². The van der Waals surface area contributed by atoms with E-state index in [1.807, 2.05) is 19.1 Å².